The predicted molar refractivity (Wildman–Crippen MR) is 114 cm³/mol. The van der Waals surface area contributed by atoms with Crippen LogP contribution in [0.2, 0.25) is 10.0 Å². The first-order valence-corrected chi connectivity index (χ1v) is 10.1. The van der Waals surface area contributed by atoms with Gasteiger partial charge in [-0.3, -0.25) is 9.48 Å². The minimum absolute atomic E-state index is 0.239. The first kappa shape index (κ1) is 21.2. The van der Waals surface area contributed by atoms with Crippen molar-refractivity contribution in [3.63, 3.8) is 0 Å². The van der Waals surface area contributed by atoms with Gasteiger partial charge in [0, 0.05) is 21.8 Å². The Morgan fingerprint density at radius 2 is 1.90 bits per heavy atom. The number of nitrogens with zero attached hydrogens (tertiary/aromatic N) is 2. The average Bonchev–Trinajstić information content (AvgIpc) is 3.10. The molecular weight excluding hydrogens is 411 g/mol. The van der Waals surface area contributed by atoms with Crippen LogP contribution in [0.25, 0.3) is 0 Å². The van der Waals surface area contributed by atoms with Crippen molar-refractivity contribution in [2.75, 3.05) is 6.61 Å². The molecule has 0 saturated heterocycles. The second-order valence-corrected chi connectivity index (χ2v) is 7.29. The lowest BCUT2D eigenvalue weighted by atomic mass is 10.2. The van der Waals surface area contributed by atoms with E-state index in [2.05, 4.69) is 5.10 Å². The lowest BCUT2D eigenvalue weighted by Gasteiger charge is -2.09. The van der Waals surface area contributed by atoms with Gasteiger partial charge in [0.25, 0.3) is 0 Å². The number of rotatable bonds is 9. The SMILES string of the molecule is CCOC(=O)CCc1cc(OCc2ccccc2)nn1Cc1ccc(Cl)cc1Cl. The molecule has 7 heteroatoms. The number of carbonyl (C=O) groups excluding carboxylic acids is 1. The highest BCUT2D eigenvalue weighted by Gasteiger charge is 2.13. The topological polar surface area (TPSA) is 53.4 Å². The summed E-state index contributed by atoms with van der Waals surface area (Å²) in [6, 6.07) is 17.1. The zero-order valence-corrected chi connectivity index (χ0v) is 17.6. The molecule has 3 rings (SSSR count). The molecule has 5 nitrogen and oxygen atoms in total. The second kappa shape index (κ2) is 10.3. The van der Waals surface area contributed by atoms with Gasteiger partial charge in [0.15, 0.2) is 0 Å². The van der Waals surface area contributed by atoms with Crippen LogP contribution in [-0.4, -0.2) is 22.4 Å². The van der Waals surface area contributed by atoms with E-state index in [1.165, 1.54) is 0 Å². The van der Waals surface area contributed by atoms with Crippen LogP contribution in [-0.2, 0) is 29.1 Å². The summed E-state index contributed by atoms with van der Waals surface area (Å²) in [5.74, 6) is 0.259. The second-order valence-electron chi connectivity index (χ2n) is 6.45. The lowest BCUT2D eigenvalue weighted by molar-refractivity contribution is -0.143. The van der Waals surface area contributed by atoms with Crippen molar-refractivity contribution in [2.45, 2.75) is 32.9 Å². The molecule has 2 aromatic carbocycles. The molecule has 0 N–H and O–H groups in total. The normalized spacial score (nSPS) is 10.7. The molecule has 1 heterocycles. The summed E-state index contributed by atoms with van der Waals surface area (Å²) in [6.07, 6.45) is 0.762. The number of halogens is 2. The van der Waals surface area contributed by atoms with E-state index >= 15 is 0 Å². The fourth-order valence-corrected chi connectivity index (χ4v) is 3.31. The molecule has 0 unspecified atom stereocenters. The highest BCUT2D eigenvalue weighted by molar-refractivity contribution is 6.35. The van der Waals surface area contributed by atoms with Crippen LogP contribution in [0.5, 0.6) is 5.88 Å². The Kier molecular flexibility index (Phi) is 7.55. The smallest absolute Gasteiger partial charge is 0.306 e. The van der Waals surface area contributed by atoms with Crippen LogP contribution in [0.3, 0.4) is 0 Å². The average molecular weight is 433 g/mol. The van der Waals surface area contributed by atoms with E-state index in [4.69, 9.17) is 32.7 Å². The Morgan fingerprint density at radius 1 is 1.10 bits per heavy atom. The van der Waals surface area contributed by atoms with Crippen LogP contribution in [0.4, 0.5) is 0 Å². The standard InChI is InChI=1S/C22H22Cl2N2O3/c1-2-28-22(27)11-10-19-13-21(29-15-16-6-4-3-5-7-16)25-26(19)14-17-8-9-18(23)12-20(17)24/h3-9,12-13H,2,10-11,14-15H2,1H3. The molecule has 0 radical (unpaired) electrons. The molecule has 0 fully saturated rings. The fourth-order valence-electron chi connectivity index (χ4n) is 2.84. The van der Waals surface area contributed by atoms with Gasteiger partial charge >= 0.3 is 5.97 Å². The van der Waals surface area contributed by atoms with Crippen molar-refractivity contribution in [3.8, 4) is 5.88 Å². The largest absolute Gasteiger partial charge is 0.472 e. The summed E-state index contributed by atoms with van der Waals surface area (Å²) in [5, 5.41) is 5.70. The quantitative estimate of drug-likeness (QED) is 0.429. The minimum atomic E-state index is -0.239. The number of hydrogen-bond acceptors (Lipinski definition) is 4. The Morgan fingerprint density at radius 3 is 2.62 bits per heavy atom. The predicted octanol–water partition coefficient (Wildman–Crippen LogP) is 5.31. The zero-order valence-electron chi connectivity index (χ0n) is 16.1. The summed E-state index contributed by atoms with van der Waals surface area (Å²) in [5.41, 5.74) is 2.80. The Bertz CT molecular complexity index is 958. The molecule has 0 spiro atoms. The molecule has 3 aromatic rings. The van der Waals surface area contributed by atoms with Gasteiger partial charge in [-0.1, -0.05) is 59.6 Å². The maximum atomic E-state index is 11.8. The summed E-state index contributed by atoms with van der Waals surface area (Å²) >= 11 is 12.3. The third-order valence-electron chi connectivity index (χ3n) is 4.30. The summed E-state index contributed by atoms with van der Waals surface area (Å²) in [4.78, 5) is 11.8. The molecule has 152 valence electrons. The number of ether oxygens (including phenoxy) is 2. The summed E-state index contributed by atoms with van der Waals surface area (Å²) < 4.78 is 12.7. The maximum absolute atomic E-state index is 11.8. The maximum Gasteiger partial charge on any atom is 0.306 e. The van der Waals surface area contributed by atoms with E-state index in [0.717, 1.165) is 16.8 Å². The van der Waals surface area contributed by atoms with Gasteiger partial charge in [0.05, 0.1) is 19.6 Å². The Labute approximate surface area is 180 Å². The Hall–Kier alpha value is -2.50. The van der Waals surface area contributed by atoms with Crippen LogP contribution in [0.15, 0.2) is 54.6 Å². The summed E-state index contributed by atoms with van der Waals surface area (Å²) in [7, 11) is 0. The molecule has 0 aliphatic carbocycles. The number of aromatic nitrogens is 2. The number of esters is 1. The third-order valence-corrected chi connectivity index (χ3v) is 4.88. The van der Waals surface area contributed by atoms with Crippen LogP contribution >= 0.6 is 23.2 Å². The van der Waals surface area contributed by atoms with Gasteiger partial charge in [-0.15, -0.1) is 5.10 Å². The first-order valence-electron chi connectivity index (χ1n) is 9.38. The van der Waals surface area contributed by atoms with Crippen molar-refractivity contribution >= 4 is 29.2 Å². The molecular formula is C22H22Cl2N2O3. The monoisotopic (exact) mass is 432 g/mol. The minimum Gasteiger partial charge on any atom is -0.472 e. The molecule has 0 aliphatic heterocycles. The van der Waals surface area contributed by atoms with Crippen molar-refractivity contribution in [3.05, 3.63) is 81.5 Å². The van der Waals surface area contributed by atoms with Gasteiger partial charge in [0.1, 0.15) is 6.61 Å². The van der Waals surface area contributed by atoms with Crippen molar-refractivity contribution in [1.29, 1.82) is 0 Å². The highest BCUT2D eigenvalue weighted by Crippen LogP contribution is 2.24. The molecule has 0 aliphatic rings. The van der Waals surface area contributed by atoms with Gasteiger partial charge in [-0.2, -0.15) is 0 Å². The zero-order chi connectivity index (χ0) is 20.6. The van der Waals surface area contributed by atoms with Crippen molar-refractivity contribution in [1.82, 2.24) is 9.78 Å². The number of aryl methyl sites for hydroxylation is 1. The van der Waals surface area contributed by atoms with Crippen LogP contribution < -0.4 is 4.74 Å². The van der Waals surface area contributed by atoms with Gasteiger partial charge in [0.2, 0.25) is 5.88 Å². The van der Waals surface area contributed by atoms with Gasteiger partial charge in [-0.05, 0) is 36.6 Å². The molecule has 0 saturated carbocycles. The van der Waals surface area contributed by atoms with E-state index in [0.29, 0.717) is 42.1 Å². The third kappa shape index (κ3) is 6.24. The highest BCUT2D eigenvalue weighted by atomic mass is 35.5. The number of benzene rings is 2. The molecule has 1 aromatic heterocycles. The molecule has 0 amide bonds. The van der Waals surface area contributed by atoms with Gasteiger partial charge in [-0.25, -0.2) is 0 Å². The van der Waals surface area contributed by atoms with E-state index in [1.54, 1.807) is 23.7 Å². The van der Waals surface area contributed by atoms with Gasteiger partial charge < -0.3 is 9.47 Å². The first-order chi connectivity index (χ1) is 14.0. The Balaban J connectivity index is 1.77. The molecule has 0 bridgehead atoms. The number of carbonyl (C=O) groups is 1. The molecule has 29 heavy (non-hydrogen) atoms. The lowest BCUT2D eigenvalue weighted by Crippen LogP contribution is -2.10. The van der Waals surface area contributed by atoms with Crippen molar-refractivity contribution < 1.29 is 14.3 Å². The van der Waals surface area contributed by atoms with E-state index in [1.807, 2.05) is 42.5 Å². The fraction of sp³-hybridized carbons (Fsp3) is 0.273. The van der Waals surface area contributed by atoms with Crippen molar-refractivity contribution in [2.24, 2.45) is 0 Å². The van der Waals surface area contributed by atoms with Crippen LogP contribution in [0, 0.1) is 0 Å². The summed E-state index contributed by atoms with van der Waals surface area (Å²) in [6.45, 7) is 3.02. The van der Waals surface area contributed by atoms with E-state index in [-0.39, 0.29) is 12.4 Å². The van der Waals surface area contributed by atoms with E-state index < -0.39 is 0 Å². The van der Waals surface area contributed by atoms with Crippen LogP contribution in [0.1, 0.15) is 30.2 Å². The van der Waals surface area contributed by atoms with E-state index in [9.17, 15) is 4.79 Å². The molecule has 0 atom stereocenters. The number of hydrogen-bond donors (Lipinski definition) is 0.